The van der Waals surface area contributed by atoms with Crippen molar-refractivity contribution < 1.29 is 31.1 Å². The van der Waals surface area contributed by atoms with Gasteiger partial charge in [-0.1, -0.05) is 103 Å². The first-order chi connectivity index (χ1) is 23.3. The van der Waals surface area contributed by atoms with Gasteiger partial charge >= 0.3 is 31.1 Å². The molecule has 2 heterocycles. The largest absolute Gasteiger partial charge is 2.00 e. The maximum absolute atomic E-state index is 5.25. The molecule has 2 aromatic heterocycles. The molecule has 0 bridgehead atoms. The fourth-order valence-electron chi connectivity index (χ4n) is 7.29. The number of hydrogen-bond acceptors (Lipinski definition) is 2. The smallest absolute Gasteiger partial charge is 0.278 e. The number of benzene rings is 7. The molecule has 0 atom stereocenters. The summed E-state index contributed by atoms with van der Waals surface area (Å²) in [5, 5.41) is 4.89. The van der Waals surface area contributed by atoms with Gasteiger partial charge in [-0.15, -0.1) is 17.7 Å². The minimum Gasteiger partial charge on any atom is -0.278 e. The van der Waals surface area contributed by atoms with E-state index in [0.717, 1.165) is 44.7 Å². The summed E-state index contributed by atoms with van der Waals surface area (Å²) in [6.07, 6.45) is 0. The van der Waals surface area contributed by atoms with Gasteiger partial charge in [0.15, 0.2) is 0 Å². The normalized spacial score (nSPS) is 11.6. The minimum atomic E-state index is 0. The molecule has 3 nitrogen and oxygen atoms in total. The zero-order valence-corrected chi connectivity index (χ0v) is 29.9. The Kier molecular flexibility index (Phi) is 6.90. The van der Waals surface area contributed by atoms with E-state index < -0.39 is 0 Å². The first kappa shape index (κ1) is 28.9. The van der Waals surface area contributed by atoms with Gasteiger partial charge in [0.2, 0.25) is 5.95 Å². The maximum atomic E-state index is 5.25. The summed E-state index contributed by atoms with van der Waals surface area (Å²) >= 11 is 0. The molecule has 220 valence electrons. The van der Waals surface area contributed by atoms with Crippen LogP contribution in [0.25, 0.3) is 94.4 Å². The van der Waals surface area contributed by atoms with Crippen molar-refractivity contribution in [3.05, 3.63) is 164 Å². The molecule has 0 saturated carbocycles. The van der Waals surface area contributed by atoms with E-state index >= 15 is 0 Å². The molecule has 1 aliphatic carbocycles. The number of hydrogen-bond donors (Lipinski definition) is 0. The van der Waals surface area contributed by atoms with Crippen molar-refractivity contribution in [3.63, 3.8) is 0 Å². The van der Waals surface area contributed by atoms with Gasteiger partial charge < -0.3 is 0 Å². The second kappa shape index (κ2) is 11.5. The second-order valence-corrected chi connectivity index (χ2v) is 12.0. The summed E-state index contributed by atoms with van der Waals surface area (Å²) in [5.74, 6) is 0.654. The maximum Gasteiger partial charge on any atom is 2.00 e. The molecule has 1 aliphatic rings. The van der Waals surface area contributed by atoms with Gasteiger partial charge in [-0.3, -0.25) is 4.57 Å². The van der Waals surface area contributed by atoms with Crippen LogP contribution >= 0.6 is 0 Å². The Labute approximate surface area is 301 Å². The molecule has 9 aromatic rings. The van der Waals surface area contributed by atoms with Crippen LogP contribution in [0.3, 0.4) is 0 Å². The zero-order chi connectivity index (χ0) is 30.9. The Balaban J connectivity index is 0.00000314. The predicted molar refractivity (Wildman–Crippen MR) is 192 cm³/mol. The van der Waals surface area contributed by atoms with Crippen molar-refractivity contribution in [2.75, 3.05) is 0 Å². The summed E-state index contributed by atoms with van der Waals surface area (Å²) in [6, 6.07) is 60.1. The molecule has 0 spiro atoms. The van der Waals surface area contributed by atoms with Crippen molar-refractivity contribution in [2.45, 2.75) is 0 Å². The number of fused-ring (bicyclic) bond motifs is 3. The standard InChI is InChI=1S/C44H25N3.U/c1-4-12-28(13-5-1)32-22-24-33-34-20-11-21-39-42(34)43-40(25-23-31-18-10-19-35(41(31)43)36(33)26-32)47(39)44-45-37(29-14-6-2-7-15-29)27-38(46-44)30-16-8-3-9-17-30;/h1-12,14-21,23-27H;/q-2;+2. The summed E-state index contributed by atoms with van der Waals surface area (Å²) in [4.78, 5) is 10.5. The molecule has 0 N–H and O–H groups in total. The average molecular weight is 834 g/mol. The topological polar surface area (TPSA) is 30.7 Å². The molecular formula is C44H25N3U. The van der Waals surface area contributed by atoms with Crippen molar-refractivity contribution in [3.8, 4) is 61.8 Å². The molecule has 0 radical (unpaired) electrons. The van der Waals surface area contributed by atoms with Crippen LogP contribution in [0.15, 0.2) is 152 Å². The van der Waals surface area contributed by atoms with Crippen LogP contribution in [0.2, 0.25) is 0 Å². The van der Waals surface area contributed by atoms with E-state index in [1.165, 1.54) is 43.8 Å². The van der Waals surface area contributed by atoms with Gasteiger partial charge in [-0.2, -0.15) is 36.4 Å². The zero-order valence-electron chi connectivity index (χ0n) is 25.8. The molecule has 0 amide bonds. The Bertz CT molecular complexity index is 2600. The van der Waals surface area contributed by atoms with Gasteiger partial charge in [0.1, 0.15) is 0 Å². The van der Waals surface area contributed by atoms with Crippen LogP contribution in [0.4, 0.5) is 0 Å². The Hall–Kier alpha value is -5.27. The van der Waals surface area contributed by atoms with Crippen LogP contribution in [0.1, 0.15) is 0 Å². The molecule has 0 aliphatic heterocycles. The van der Waals surface area contributed by atoms with E-state index in [1.807, 2.05) is 24.3 Å². The predicted octanol–water partition coefficient (Wildman–Crippen LogP) is 11.0. The first-order valence-corrected chi connectivity index (χ1v) is 15.8. The van der Waals surface area contributed by atoms with E-state index in [0.29, 0.717) is 5.95 Å². The van der Waals surface area contributed by atoms with Crippen LogP contribution in [-0.4, -0.2) is 14.5 Å². The molecule has 48 heavy (non-hydrogen) atoms. The van der Waals surface area contributed by atoms with E-state index in [2.05, 4.69) is 144 Å². The fraction of sp³-hybridized carbons (Fsp3) is 0. The van der Waals surface area contributed by atoms with Crippen LogP contribution in [-0.2, 0) is 0 Å². The third-order valence-electron chi connectivity index (χ3n) is 9.38. The molecular weight excluding hydrogens is 809 g/mol. The van der Waals surface area contributed by atoms with Crippen molar-refractivity contribution in [1.82, 2.24) is 14.5 Å². The van der Waals surface area contributed by atoms with Crippen molar-refractivity contribution in [2.24, 2.45) is 0 Å². The van der Waals surface area contributed by atoms with E-state index in [-0.39, 0.29) is 31.1 Å². The average Bonchev–Trinajstić information content (AvgIpc) is 3.44. The van der Waals surface area contributed by atoms with Gasteiger partial charge in [-0.25, -0.2) is 21.1 Å². The van der Waals surface area contributed by atoms with Crippen LogP contribution < -0.4 is 0 Å². The molecule has 0 unspecified atom stereocenters. The van der Waals surface area contributed by atoms with Crippen molar-refractivity contribution >= 4 is 32.6 Å². The van der Waals surface area contributed by atoms with Gasteiger partial charge in [0.05, 0.1) is 22.4 Å². The SMILES string of the molecule is [U+2].[c-]1ccccc1-c1[c-]cc2c(c1)-c1cccc3ccc4c(c13)c1c-2cccc1n4-c1nc(-c2ccccc2)cc(-c2ccccc2)n1. The Morgan fingerprint density at radius 1 is 0.458 bits per heavy atom. The molecule has 4 heteroatoms. The molecule has 10 rings (SSSR count). The van der Waals surface area contributed by atoms with Gasteiger partial charge in [-0.05, 0) is 40.1 Å². The van der Waals surface area contributed by atoms with Crippen molar-refractivity contribution in [1.29, 1.82) is 0 Å². The van der Waals surface area contributed by atoms with Gasteiger partial charge in [0, 0.05) is 21.9 Å². The first-order valence-electron chi connectivity index (χ1n) is 15.8. The second-order valence-electron chi connectivity index (χ2n) is 12.0. The Morgan fingerprint density at radius 2 is 1.12 bits per heavy atom. The summed E-state index contributed by atoms with van der Waals surface area (Å²) < 4.78 is 2.26. The quantitative estimate of drug-likeness (QED) is 0.165. The third-order valence-corrected chi connectivity index (χ3v) is 9.38. The van der Waals surface area contributed by atoms with Crippen LogP contribution in [0.5, 0.6) is 0 Å². The number of aromatic nitrogens is 3. The molecule has 7 aromatic carbocycles. The minimum absolute atomic E-state index is 0. The summed E-state index contributed by atoms with van der Waals surface area (Å²) in [5.41, 5.74) is 12.9. The van der Waals surface area contributed by atoms with E-state index in [4.69, 9.17) is 9.97 Å². The molecule has 0 saturated heterocycles. The number of rotatable bonds is 4. The van der Waals surface area contributed by atoms with Gasteiger partial charge in [0.25, 0.3) is 0 Å². The van der Waals surface area contributed by atoms with E-state index in [1.54, 1.807) is 0 Å². The molecule has 0 fully saturated rings. The summed E-state index contributed by atoms with van der Waals surface area (Å²) in [7, 11) is 0. The van der Waals surface area contributed by atoms with Crippen LogP contribution in [0, 0.1) is 43.2 Å². The monoisotopic (exact) mass is 833 g/mol. The Morgan fingerprint density at radius 3 is 1.83 bits per heavy atom. The fourth-order valence-corrected chi connectivity index (χ4v) is 7.29. The summed E-state index contributed by atoms with van der Waals surface area (Å²) in [6.45, 7) is 0. The third kappa shape index (κ3) is 4.41. The number of nitrogens with zero attached hydrogens (tertiary/aromatic N) is 3. The van der Waals surface area contributed by atoms with E-state index in [9.17, 15) is 0 Å².